The molecule has 1 fully saturated rings. The Kier molecular flexibility index (Phi) is 5.26. The fraction of sp³-hybridized carbons (Fsp3) is 0.923. The van der Waals surface area contributed by atoms with Gasteiger partial charge in [0.2, 0.25) is 5.91 Å². The van der Waals surface area contributed by atoms with Gasteiger partial charge in [-0.15, -0.1) is 0 Å². The van der Waals surface area contributed by atoms with Gasteiger partial charge in [0.1, 0.15) is 0 Å². The van der Waals surface area contributed by atoms with Crippen molar-refractivity contribution in [1.82, 2.24) is 4.90 Å². The van der Waals surface area contributed by atoms with E-state index in [1.807, 2.05) is 11.9 Å². The lowest BCUT2D eigenvalue weighted by Gasteiger charge is -2.32. The summed E-state index contributed by atoms with van der Waals surface area (Å²) in [5.74, 6) is 1.06. The van der Waals surface area contributed by atoms with Crippen molar-refractivity contribution in [3.8, 4) is 0 Å². The van der Waals surface area contributed by atoms with Gasteiger partial charge >= 0.3 is 0 Å². The van der Waals surface area contributed by atoms with Crippen LogP contribution in [0.1, 0.15) is 46.0 Å². The number of carbonyl (C=O) groups is 1. The summed E-state index contributed by atoms with van der Waals surface area (Å²) >= 11 is 0. The standard InChI is InChI=1S/C13H26N2O/c1-4-5-6-15(3)13(16)11-7-10(2)8-12(14)9-11/h10-12H,4-9,14H2,1-3H3. The second-order valence-corrected chi connectivity index (χ2v) is 5.38. The van der Waals surface area contributed by atoms with Gasteiger partial charge in [0.05, 0.1) is 0 Å². The minimum absolute atomic E-state index is 0.167. The molecule has 1 aliphatic rings. The molecule has 3 atom stereocenters. The fourth-order valence-corrected chi connectivity index (χ4v) is 2.68. The molecule has 94 valence electrons. The maximum absolute atomic E-state index is 12.2. The molecule has 3 unspecified atom stereocenters. The molecule has 0 aromatic carbocycles. The van der Waals surface area contributed by atoms with E-state index >= 15 is 0 Å². The van der Waals surface area contributed by atoms with Gasteiger partial charge in [0.25, 0.3) is 0 Å². The number of amides is 1. The monoisotopic (exact) mass is 226 g/mol. The Labute approximate surface area is 99.4 Å². The third-order valence-corrected chi connectivity index (χ3v) is 3.55. The summed E-state index contributed by atoms with van der Waals surface area (Å²) in [6, 6.07) is 0.220. The van der Waals surface area contributed by atoms with Crippen molar-refractivity contribution < 1.29 is 4.79 Å². The average Bonchev–Trinajstić information content (AvgIpc) is 2.23. The van der Waals surface area contributed by atoms with E-state index in [4.69, 9.17) is 5.73 Å². The van der Waals surface area contributed by atoms with Crippen LogP contribution in [0.25, 0.3) is 0 Å². The van der Waals surface area contributed by atoms with Gasteiger partial charge in [-0.3, -0.25) is 4.79 Å². The molecule has 0 bridgehead atoms. The van der Waals surface area contributed by atoms with Crippen molar-refractivity contribution in [2.45, 2.75) is 52.0 Å². The van der Waals surface area contributed by atoms with Crippen LogP contribution in [0.15, 0.2) is 0 Å². The van der Waals surface area contributed by atoms with Gasteiger partial charge in [0.15, 0.2) is 0 Å². The molecule has 0 spiro atoms. The van der Waals surface area contributed by atoms with E-state index in [2.05, 4.69) is 13.8 Å². The molecule has 0 aliphatic heterocycles. The molecule has 0 heterocycles. The normalized spacial score (nSPS) is 30.1. The second kappa shape index (κ2) is 6.24. The van der Waals surface area contributed by atoms with E-state index in [-0.39, 0.29) is 12.0 Å². The highest BCUT2D eigenvalue weighted by atomic mass is 16.2. The highest BCUT2D eigenvalue weighted by Gasteiger charge is 2.30. The van der Waals surface area contributed by atoms with Crippen LogP contribution in [0, 0.1) is 11.8 Å². The maximum Gasteiger partial charge on any atom is 0.225 e. The van der Waals surface area contributed by atoms with Gasteiger partial charge in [0, 0.05) is 25.6 Å². The van der Waals surface area contributed by atoms with E-state index < -0.39 is 0 Å². The van der Waals surface area contributed by atoms with E-state index in [0.29, 0.717) is 11.8 Å². The van der Waals surface area contributed by atoms with Crippen molar-refractivity contribution in [2.24, 2.45) is 17.6 Å². The molecule has 0 radical (unpaired) electrons. The number of nitrogens with two attached hydrogens (primary N) is 1. The van der Waals surface area contributed by atoms with Gasteiger partial charge < -0.3 is 10.6 Å². The summed E-state index contributed by atoms with van der Waals surface area (Å²) in [5, 5.41) is 0. The molecule has 1 saturated carbocycles. The third kappa shape index (κ3) is 3.78. The lowest BCUT2D eigenvalue weighted by Crippen LogP contribution is -2.41. The van der Waals surface area contributed by atoms with E-state index in [9.17, 15) is 4.79 Å². The first-order chi connectivity index (χ1) is 7.54. The summed E-state index contributed by atoms with van der Waals surface area (Å²) in [7, 11) is 1.92. The van der Waals surface area contributed by atoms with E-state index in [0.717, 1.165) is 38.6 Å². The number of hydrogen-bond donors (Lipinski definition) is 1. The molecule has 1 rings (SSSR count). The summed E-state index contributed by atoms with van der Waals surface area (Å²) < 4.78 is 0. The molecule has 3 heteroatoms. The fourth-order valence-electron chi connectivity index (χ4n) is 2.68. The van der Waals surface area contributed by atoms with Gasteiger partial charge in [-0.25, -0.2) is 0 Å². The summed E-state index contributed by atoms with van der Waals surface area (Å²) in [6.07, 6.45) is 5.19. The highest BCUT2D eigenvalue weighted by Crippen LogP contribution is 2.29. The van der Waals surface area contributed by atoms with Gasteiger partial charge in [-0.05, 0) is 31.6 Å². The van der Waals surface area contributed by atoms with Crippen molar-refractivity contribution in [2.75, 3.05) is 13.6 Å². The zero-order chi connectivity index (χ0) is 12.1. The summed E-state index contributed by atoms with van der Waals surface area (Å²) in [4.78, 5) is 14.1. The minimum Gasteiger partial charge on any atom is -0.346 e. The summed E-state index contributed by atoms with van der Waals surface area (Å²) in [5.41, 5.74) is 5.98. The molecule has 1 aliphatic carbocycles. The molecular weight excluding hydrogens is 200 g/mol. The quantitative estimate of drug-likeness (QED) is 0.797. The molecular formula is C13H26N2O. The lowest BCUT2D eigenvalue weighted by atomic mass is 9.79. The SMILES string of the molecule is CCCCN(C)C(=O)C1CC(C)CC(N)C1. The zero-order valence-electron chi connectivity index (χ0n) is 10.9. The number of hydrogen-bond acceptors (Lipinski definition) is 2. The first-order valence-electron chi connectivity index (χ1n) is 6.55. The van der Waals surface area contributed by atoms with Crippen molar-refractivity contribution in [3.63, 3.8) is 0 Å². The van der Waals surface area contributed by atoms with Gasteiger partial charge in [-0.2, -0.15) is 0 Å². The summed E-state index contributed by atoms with van der Waals surface area (Å²) in [6.45, 7) is 5.23. The topological polar surface area (TPSA) is 46.3 Å². The van der Waals surface area contributed by atoms with Crippen LogP contribution in [-0.2, 0) is 4.79 Å². The minimum atomic E-state index is 0.167. The molecule has 1 amide bonds. The molecule has 0 aromatic rings. The Hall–Kier alpha value is -0.570. The first-order valence-corrected chi connectivity index (χ1v) is 6.55. The Bertz CT molecular complexity index is 220. The zero-order valence-corrected chi connectivity index (χ0v) is 10.9. The second-order valence-electron chi connectivity index (χ2n) is 5.38. The number of nitrogens with zero attached hydrogens (tertiary/aromatic N) is 1. The molecule has 0 saturated heterocycles. The lowest BCUT2D eigenvalue weighted by molar-refractivity contribution is -0.136. The maximum atomic E-state index is 12.2. The largest absolute Gasteiger partial charge is 0.346 e. The van der Waals surface area contributed by atoms with Crippen LogP contribution in [-0.4, -0.2) is 30.4 Å². The van der Waals surface area contributed by atoms with Crippen LogP contribution in [0.4, 0.5) is 0 Å². The Morgan fingerprint density at radius 1 is 1.38 bits per heavy atom. The predicted molar refractivity (Wildman–Crippen MR) is 67.0 cm³/mol. The molecule has 3 nitrogen and oxygen atoms in total. The van der Waals surface area contributed by atoms with Gasteiger partial charge in [-0.1, -0.05) is 20.3 Å². The number of carbonyl (C=O) groups excluding carboxylic acids is 1. The highest BCUT2D eigenvalue weighted by molar-refractivity contribution is 5.78. The van der Waals surface area contributed by atoms with E-state index in [1.54, 1.807) is 0 Å². The van der Waals surface area contributed by atoms with Crippen LogP contribution >= 0.6 is 0 Å². The Morgan fingerprint density at radius 2 is 2.06 bits per heavy atom. The van der Waals surface area contributed by atoms with Crippen LogP contribution in [0.2, 0.25) is 0 Å². The van der Waals surface area contributed by atoms with Crippen LogP contribution in [0.5, 0.6) is 0 Å². The van der Waals surface area contributed by atoms with E-state index in [1.165, 1.54) is 0 Å². The molecule has 16 heavy (non-hydrogen) atoms. The van der Waals surface area contributed by atoms with Crippen LogP contribution < -0.4 is 5.73 Å². The number of unbranched alkanes of at least 4 members (excludes halogenated alkanes) is 1. The number of rotatable bonds is 4. The molecule has 0 aromatic heterocycles. The Balaban J connectivity index is 2.45. The van der Waals surface area contributed by atoms with Crippen molar-refractivity contribution in [3.05, 3.63) is 0 Å². The average molecular weight is 226 g/mol. The van der Waals surface area contributed by atoms with Crippen molar-refractivity contribution >= 4 is 5.91 Å². The Morgan fingerprint density at radius 3 is 2.62 bits per heavy atom. The molecule has 2 N–H and O–H groups in total. The third-order valence-electron chi connectivity index (χ3n) is 3.55. The van der Waals surface area contributed by atoms with Crippen molar-refractivity contribution in [1.29, 1.82) is 0 Å². The predicted octanol–water partition coefficient (Wildman–Crippen LogP) is 2.01. The van der Waals surface area contributed by atoms with Crippen LogP contribution in [0.3, 0.4) is 0 Å². The smallest absolute Gasteiger partial charge is 0.225 e. The first kappa shape index (κ1) is 13.5.